The van der Waals surface area contributed by atoms with Gasteiger partial charge in [-0.15, -0.1) is 5.10 Å². The Labute approximate surface area is 214 Å². The molecule has 0 aliphatic rings. The van der Waals surface area contributed by atoms with Crippen LogP contribution in [0.5, 0.6) is 11.5 Å². The molecule has 8 nitrogen and oxygen atoms in total. The molecular weight excluding hydrogens is 504 g/mol. The highest BCUT2D eigenvalue weighted by atomic mass is 35.5. The second-order valence-corrected chi connectivity index (χ2v) is 8.35. The van der Waals surface area contributed by atoms with Gasteiger partial charge in [0.25, 0.3) is 0 Å². The maximum atomic E-state index is 14.2. The van der Waals surface area contributed by atoms with Gasteiger partial charge in [0.15, 0.2) is 0 Å². The van der Waals surface area contributed by atoms with Gasteiger partial charge in [-0.05, 0) is 54.1 Å². The Kier molecular flexibility index (Phi) is 6.76. The summed E-state index contributed by atoms with van der Waals surface area (Å²) in [6, 6.07) is 16.2. The molecule has 0 spiro atoms. The summed E-state index contributed by atoms with van der Waals surface area (Å²) in [5.41, 5.74) is 1.35. The summed E-state index contributed by atoms with van der Waals surface area (Å²) in [4.78, 5) is 13.6. The molecule has 0 saturated carbocycles. The lowest BCUT2D eigenvalue weighted by atomic mass is 10.1. The monoisotopic (exact) mass is 521 g/mol. The van der Waals surface area contributed by atoms with Gasteiger partial charge in [0.2, 0.25) is 5.75 Å². The molecule has 0 saturated heterocycles. The molecule has 1 N–H and O–H groups in total. The Balaban J connectivity index is 1.58. The number of halogens is 3. The number of hydrogen-bond acceptors (Lipinski definition) is 6. The van der Waals surface area contributed by atoms with Crippen LogP contribution < -0.4 is 10.3 Å². The van der Waals surface area contributed by atoms with E-state index in [1.165, 1.54) is 29.2 Å². The molecule has 0 aliphatic heterocycles. The van der Waals surface area contributed by atoms with Crippen molar-refractivity contribution in [1.29, 1.82) is 0 Å². The molecular formula is C26H18ClF2N5O3. The number of aliphatic hydroxyl groups excluding tert-OH is 1. The van der Waals surface area contributed by atoms with Gasteiger partial charge in [-0.3, -0.25) is 4.79 Å². The average molecular weight is 522 g/mol. The molecule has 0 bridgehead atoms. The van der Waals surface area contributed by atoms with Gasteiger partial charge in [0, 0.05) is 29.7 Å². The van der Waals surface area contributed by atoms with Crippen molar-refractivity contribution in [1.82, 2.24) is 24.8 Å². The summed E-state index contributed by atoms with van der Waals surface area (Å²) in [5, 5.41) is 22.1. The minimum atomic E-state index is -0.696. The highest BCUT2D eigenvalue weighted by Crippen LogP contribution is 2.29. The van der Waals surface area contributed by atoms with Crippen LogP contribution in [0, 0.1) is 11.6 Å². The van der Waals surface area contributed by atoms with Crippen LogP contribution in [0.4, 0.5) is 8.78 Å². The van der Waals surface area contributed by atoms with E-state index in [9.17, 15) is 18.7 Å². The summed E-state index contributed by atoms with van der Waals surface area (Å²) in [6.45, 7) is -0.153. The number of hydrogen-bond donors (Lipinski definition) is 1. The van der Waals surface area contributed by atoms with Crippen LogP contribution in [0.15, 0.2) is 83.9 Å². The quantitative estimate of drug-likeness (QED) is 0.332. The lowest BCUT2D eigenvalue weighted by Gasteiger charge is -2.14. The molecule has 0 radical (unpaired) electrons. The third-order valence-corrected chi connectivity index (χ3v) is 5.77. The van der Waals surface area contributed by atoms with E-state index in [0.29, 0.717) is 22.0 Å². The third kappa shape index (κ3) is 4.97. The smallest absolute Gasteiger partial charge is 0.316 e. The largest absolute Gasteiger partial charge is 0.449 e. The third-order valence-electron chi connectivity index (χ3n) is 5.52. The Morgan fingerprint density at radius 3 is 2.41 bits per heavy atom. The van der Waals surface area contributed by atoms with Crippen LogP contribution in [0.2, 0.25) is 5.02 Å². The molecule has 3 aromatic carbocycles. The predicted molar refractivity (Wildman–Crippen MR) is 132 cm³/mol. The zero-order valence-corrected chi connectivity index (χ0v) is 19.8. The fraction of sp³-hybridized carbons (Fsp3) is 0.0769. The number of ether oxygens (including phenoxy) is 1. The number of nitrogens with zero attached hydrogens (tertiary/aromatic N) is 5. The van der Waals surface area contributed by atoms with Crippen molar-refractivity contribution in [3.05, 3.63) is 112 Å². The first kappa shape index (κ1) is 24.3. The molecule has 5 rings (SSSR count). The van der Waals surface area contributed by atoms with Gasteiger partial charge < -0.3 is 9.84 Å². The maximum Gasteiger partial charge on any atom is 0.316 e. The lowest BCUT2D eigenvalue weighted by Crippen LogP contribution is -2.24. The van der Waals surface area contributed by atoms with E-state index < -0.39 is 17.2 Å². The molecule has 37 heavy (non-hydrogen) atoms. The maximum absolute atomic E-state index is 14.2. The van der Waals surface area contributed by atoms with Gasteiger partial charge >= 0.3 is 5.56 Å². The van der Waals surface area contributed by atoms with Crippen LogP contribution in [0.25, 0.3) is 22.5 Å². The summed E-state index contributed by atoms with van der Waals surface area (Å²) in [6.07, 6.45) is 3.12. The van der Waals surface area contributed by atoms with E-state index in [0.717, 1.165) is 10.7 Å². The molecule has 0 fully saturated rings. The normalized spacial score (nSPS) is 11.0. The van der Waals surface area contributed by atoms with Crippen LogP contribution >= 0.6 is 11.6 Å². The van der Waals surface area contributed by atoms with Crippen molar-refractivity contribution < 1.29 is 18.6 Å². The number of rotatable bonds is 7. The van der Waals surface area contributed by atoms with Crippen molar-refractivity contribution in [2.75, 3.05) is 6.61 Å². The van der Waals surface area contributed by atoms with Crippen LogP contribution in [-0.4, -0.2) is 36.5 Å². The molecule has 5 aromatic rings. The zero-order chi connectivity index (χ0) is 25.9. The van der Waals surface area contributed by atoms with Crippen molar-refractivity contribution >= 4 is 11.6 Å². The number of aliphatic hydroxyl groups is 1. The first-order chi connectivity index (χ1) is 17.9. The van der Waals surface area contributed by atoms with E-state index in [1.54, 1.807) is 48.5 Å². The standard InChI is InChI=1S/C26H18ClF2N5O3/c27-17-3-6-19(7-4-17)34-26(36)25(24(15-31-34)33-20(11-12-35)14-30-32-33)37-21-8-1-16(2-9-21)22-10-5-18(28)13-23(22)29/h1-10,13-15,35H,11-12H2. The second-order valence-electron chi connectivity index (χ2n) is 7.91. The number of benzene rings is 3. The minimum absolute atomic E-state index is 0.102. The molecule has 11 heteroatoms. The summed E-state index contributed by atoms with van der Waals surface area (Å²) >= 11 is 5.98. The van der Waals surface area contributed by atoms with Crippen molar-refractivity contribution in [3.8, 4) is 34.0 Å². The van der Waals surface area contributed by atoms with E-state index >= 15 is 0 Å². The minimum Gasteiger partial charge on any atom is -0.449 e. The van der Waals surface area contributed by atoms with E-state index in [2.05, 4.69) is 15.4 Å². The first-order valence-electron chi connectivity index (χ1n) is 11.1. The lowest BCUT2D eigenvalue weighted by molar-refractivity contribution is 0.297. The molecule has 2 heterocycles. The van der Waals surface area contributed by atoms with Gasteiger partial charge in [-0.25, -0.2) is 13.5 Å². The van der Waals surface area contributed by atoms with Crippen molar-refractivity contribution in [2.45, 2.75) is 6.42 Å². The summed E-state index contributed by atoms with van der Waals surface area (Å²) in [5.74, 6) is -1.19. The Hall–Kier alpha value is -4.41. The van der Waals surface area contributed by atoms with Gasteiger partial charge in [0.1, 0.15) is 23.1 Å². The summed E-state index contributed by atoms with van der Waals surface area (Å²) < 4.78 is 36.0. The van der Waals surface area contributed by atoms with Gasteiger partial charge in [0.05, 0.1) is 23.8 Å². The van der Waals surface area contributed by atoms with Crippen molar-refractivity contribution in [2.24, 2.45) is 0 Å². The fourth-order valence-corrected chi connectivity index (χ4v) is 3.86. The zero-order valence-electron chi connectivity index (χ0n) is 19.1. The Bertz CT molecular complexity index is 1620. The molecule has 0 amide bonds. The van der Waals surface area contributed by atoms with Crippen molar-refractivity contribution in [3.63, 3.8) is 0 Å². The molecule has 186 valence electrons. The van der Waals surface area contributed by atoms with Crippen LogP contribution in [0.3, 0.4) is 0 Å². The van der Waals surface area contributed by atoms with Crippen LogP contribution in [0.1, 0.15) is 5.69 Å². The van der Waals surface area contributed by atoms with Gasteiger partial charge in [-0.2, -0.15) is 9.78 Å². The fourth-order valence-electron chi connectivity index (χ4n) is 3.73. The second kappa shape index (κ2) is 10.3. The molecule has 0 aliphatic carbocycles. The SMILES string of the molecule is O=c1c(Oc2ccc(-c3ccc(F)cc3F)cc2)c(-n2nncc2CCO)cnn1-c1ccc(Cl)cc1. The molecule has 0 atom stereocenters. The first-order valence-corrected chi connectivity index (χ1v) is 11.4. The average Bonchev–Trinajstić information content (AvgIpc) is 3.35. The summed E-state index contributed by atoms with van der Waals surface area (Å²) in [7, 11) is 0. The van der Waals surface area contributed by atoms with E-state index in [1.807, 2.05) is 0 Å². The topological polar surface area (TPSA) is 95.1 Å². The van der Waals surface area contributed by atoms with E-state index in [4.69, 9.17) is 16.3 Å². The predicted octanol–water partition coefficient (Wildman–Crippen LogP) is 4.74. The van der Waals surface area contributed by atoms with Crippen LogP contribution in [-0.2, 0) is 6.42 Å². The Morgan fingerprint density at radius 2 is 1.70 bits per heavy atom. The molecule has 2 aromatic heterocycles. The highest BCUT2D eigenvalue weighted by Gasteiger charge is 2.20. The Morgan fingerprint density at radius 1 is 0.946 bits per heavy atom. The highest BCUT2D eigenvalue weighted by molar-refractivity contribution is 6.30. The van der Waals surface area contributed by atoms with Gasteiger partial charge in [-0.1, -0.05) is 28.9 Å². The number of aromatic nitrogens is 5. The van der Waals surface area contributed by atoms with E-state index in [-0.39, 0.29) is 35.8 Å². The molecule has 0 unspecified atom stereocenters.